The second-order valence-electron chi connectivity index (χ2n) is 4.18. The summed E-state index contributed by atoms with van der Waals surface area (Å²) >= 11 is 5.46. The number of hydrogen-bond acceptors (Lipinski definition) is 1. The van der Waals surface area contributed by atoms with E-state index in [1.807, 2.05) is 39.0 Å². The van der Waals surface area contributed by atoms with Gasteiger partial charge in [-0.3, -0.25) is 4.79 Å². The Morgan fingerprint density at radius 1 is 1.47 bits per heavy atom. The second-order valence-corrected chi connectivity index (χ2v) is 4.44. The fourth-order valence-electron chi connectivity index (χ4n) is 1.49. The van der Waals surface area contributed by atoms with E-state index in [2.05, 4.69) is 11.4 Å². The molecule has 0 atom stereocenters. The van der Waals surface area contributed by atoms with Crippen LogP contribution >= 0.6 is 11.6 Å². The smallest absolute Gasteiger partial charge is 0.235 e. The molecule has 1 N–H and O–H groups in total. The third-order valence-electron chi connectivity index (χ3n) is 2.31. The summed E-state index contributed by atoms with van der Waals surface area (Å²) in [4.78, 5) is 11.2. The maximum Gasteiger partial charge on any atom is 0.235 e. The Morgan fingerprint density at radius 2 is 2.13 bits per heavy atom. The standard InChI is InChI=1S/C12H16ClNO/c1-9-5-4-6-10(7-9)12(2,3)14-11(15)8-13/h4-7H,8H2,1-3H3,(H,14,15). The molecular formula is C12H16ClNO. The number of nitrogens with one attached hydrogen (secondary N) is 1. The molecule has 0 spiro atoms. The lowest BCUT2D eigenvalue weighted by Crippen LogP contribution is -2.41. The van der Waals surface area contributed by atoms with Crippen LogP contribution in [0.25, 0.3) is 0 Å². The molecule has 0 unspecified atom stereocenters. The van der Waals surface area contributed by atoms with Crippen molar-refractivity contribution in [3.63, 3.8) is 0 Å². The van der Waals surface area contributed by atoms with Gasteiger partial charge in [-0.15, -0.1) is 11.6 Å². The zero-order valence-electron chi connectivity index (χ0n) is 9.30. The maximum atomic E-state index is 11.2. The minimum absolute atomic E-state index is 0.00472. The molecule has 1 aromatic rings. The summed E-state index contributed by atoms with van der Waals surface area (Å²) in [5.74, 6) is -0.155. The minimum atomic E-state index is -0.377. The molecule has 1 rings (SSSR count). The molecule has 0 aliphatic heterocycles. The Hall–Kier alpha value is -1.02. The first-order valence-electron chi connectivity index (χ1n) is 4.90. The SMILES string of the molecule is Cc1cccc(C(C)(C)NC(=O)CCl)c1. The molecule has 3 heteroatoms. The van der Waals surface area contributed by atoms with Crippen molar-refractivity contribution >= 4 is 17.5 Å². The van der Waals surface area contributed by atoms with Crippen molar-refractivity contribution < 1.29 is 4.79 Å². The Bertz CT molecular complexity index is 360. The van der Waals surface area contributed by atoms with Crippen LogP contribution in [-0.4, -0.2) is 11.8 Å². The Kier molecular flexibility index (Phi) is 3.75. The van der Waals surface area contributed by atoms with Crippen molar-refractivity contribution in [3.8, 4) is 0 Å². The highest BCUT2D eigenvalue weighted by atomic mass is 35.5. The van der Waals surface area contributed by atoms with Crippen LogP contribution in [0.4, 0.5) is 0 Å². The molecule has 15 heavy (non-hydrogen) atoms. The third-order valence-corrected chi connectivity index (χ3v) is 2.56. The molecule has 2 nitrogen and oxygen atoms in total. The summed E-state index contributed by atoms with van der Waals surface area (Å²) in [5.41, 5.74) is 1.89. The van der Waals surface area contributed by atoms with Gasteiger partial charge in [-0.05, 0) is 26.3 Å². The van der Waals surface area contributed by atoms with Gasteiger partial charge in [0.25, 0.3) is 0 Å². The molecule has 0 aliphatic carbocycles. The van der Waals surface area contributed by atoms with Crippen molar-refractivity contribution in [2.24, 2.45) is 0 Å². The van der Waals surface area contributed by atoms with E-state index in [0.29, 0.717) is 0 Å². The lowest BCUT2D eigenvalue weighted by Gasteiger charge is -2.26. The van der Waals surface area contributed by atoms with E-state index in [4.69, 9.17) is 11.6 Å². The molecule has 1 amide bonds. The highest BCUT2D eigenvalue weighted by molar-refractivity contribution is 6.27. The first-order chi connectivity index (χ1) is 6.95. The zero-order valence-corrected chi connectivity index (χ0v) is 10.1. The van der Waals surface area contributed by atoms with Gasteiger partial charge in [0.1, 0.15) is 5.88 Å². The van der Waals surface area contributed by atoms with Crippen LogP contribution < -0.4 is 5.32 Å². The third kappa shape index (κ3) is 3.24. The second kappa shape index (κ2) is 4.67. The predicted octanol–water partition coefficient (Wildman–Crippen LogP) is 2.59. The van der Waals surface area contributed by atoms with Crippen LogP contribution in [0.15, 0.2) is 24.3 Å². The molecule has 0 aliphatic rings. The van der Waals surface area contributed by atoms with Crippen LogP contribution in [0.5, 0.6) is 0 Å². The van der Waals surface area contributed by atoms with Gasteiger partial charge in [-0.2, -0.15) is 0 Å². The van der Waals surface area contributed by atoms with E-state index in [-0.39, 0.29) is 17.3 Å². The van der Waals surface area contributed by atoms with Gasteiger partial charge >= 0.3 is 0 Å². The van der Waals surface area contributed by atoms with Gasteiger partial charge in [0.15, 0.2) is 0 Å². The molecule has 1 aromatic carbocycles. The van der Waals surface area contributed by atoms with Crippen molar-refractivity contribution in [2.75, 3.05) is 5.88 Å². The number of carbonyl (C=O) groups excluding carboxylic acids is 1. The molecule has 0 saturated heterocycles. The average Bonchev–Trinajstić information content (AvgIpc) is 2.17. The van der Waals surface area contributed by atoms with E-state index in [1.165, 1.54) is 5.56 Å². The first-order valence-corrected chi connectivity index (χ1v) is 5.43. The fraction of sp³-hybridized carbons (Fsp3) is 0.417. The highest BCUT2D eigenvalue weighted by Gasteiger charge is 2.22. The number of aryl methyl sites for hydroxylation is 1. The molecule has 82 valence electrons. The van der Waals surface area contributed by atoms with Crippen LogP contribution in [0.2, 0.25) is 0 Å². The summed E-state index contributed by atoms with van der Waals surface area (Å²) in [5, 5.41) is 2.88. The number of hydrogen-bond donors (Lipinski definition) is 1. The first kappa shape index (κ1) is 12.1. The minimum Gasteiger partial charge on any atom is -0.346 e. The largest absolute Gasteiger partial charge is 0.346 e. The normalized spacial score (nSPS) is 11.2. The lowest BCUT2D eigenvalue weighted by atomic mass is 9.93. The van der Waals surface area contributed by atoms with E-state index < -0.39 is 0 Å². The highest BCUT2D eigenvalue weighted by Crippen LogP contribution is 2.20. The van der Waals surface area contributed by atoms with Gasteiger partial charge in [-0.25, -0.2) is 0 Å². The fourth-order valence-corrected chi connectivity index (χ4v) is 1.55. The molecule has 0 fully saturated rings. The number of alkyl halides is 1. The number of halogens is 1. The van der Waals surface area contributed by atoms with E-state index in [9.17, 15) is 4.79 Å². The van der Waals surface area contributed by atoms with E-state index in [1.54, 1.807) is 0 Å². The van der Waals surface area contributed by atoms with E-state index >= 15 is 0 Å². The number of benzene rings is 1. The topological polar surface area (TPSA) is 29.1 Å². The zero-order chi connectivity index (χ0) is 11.5. The maximum absolute atomic E-state index is 11.2. The summed E-state index contributed by atoms with van der Waals surface area (Å²) in [6.07, 6.45) is 0. The molecular weight excluding hydrogens is 210 g/mol. The summed E-state index contributed by atoms with van der Waals surface area (Å²) in [6, 6.07) is 8.08. The van der Waals surface area contributed by atoms with E-state index in [0.717, 1.165) is 5.56 Å². The molecule has 0 saturated carbocycles. The predicted molar refractivity (Wildman–Crippen MR) is 63.1 cm³/mol. The number of amides is 1. The van der Waals surface area contributed by atoms with Crippen LogP contribution in [0.1, 0.15) is 25.0 Å². The van der Waals surface area contributed by atoms with Crippen LogP contribution in [-0.2, 0) is 10.3 Å². The summed E-state index contributed by atoms with van der Waals surface area (Å²) < 4.78 is 0. The average molecular weight is 226 g/mol. The van der Waals surface area contributed by atoms with Crippen molar-refractivity contribution in [1.82, 2.24) is 5.32 Å². The van der Waals surface area contributed by atoms with Gasteiger partial charge < -0.3 is 5.32 Å². The van der Waals surface area contributed by atoms with Crippen molar-refractivity contribution in [1.29, 1.82) is 0 Å². The monoisotopic (exact) mass is 225 g/mol. The Labute approximate surface area is 95.6 Å². The van der Waals surface area contributed by atoms with Crippen LogP contribution in [0.3, 0.4) is 0 Å². The molecule has 0 aromatic heterocycles. The molecule has 0 radical (unpaired) electrons. The van der Waals surface area contributed by atoms with Gasteiger partial charge in [0.05, 0.1) is 5.54 Å². The van der Waals surface area contributed by atoms with Gasteiger partial charge in [0, 0.05) is 0 Å². The van der Waals surface area contributed by atoms with Crippen LogP contribution in [0, 0.1) is 6.92 Å². The Balaban J connectivity index is 2.90. The summed E-state index contributed by atoms with van der Waals surface area (Å²) in [6.45, 7) is 5.96. The van der Waals surface area contributed by atoms with Gasteiger partial charge in [-0.1, -0.05) is 29.8 Å². The quantitative estimate of drug-likeness (QED) is 0.788. The molecule has 0 bridgehead atoms. The Morgan fingerprint density at radius 3 is 2.67 bits per heavy atom. The summed E-state index contributed by atoms with van der Waals surface area (Å²) in [7, 11) is 0. The number of carbonyl (C=O) groups is 1. The lowest BCUT2D eigenvalue weighted by molar-refractivity contribution is -0.120. The van der Waals surface area contributed by atoms with Crippen molar-refractivity contribution in [2.45, 2.75) is 26.3 Å². The van der Waals surface area contributed by atoms with Crippen molar-refractivity contribution in [3.05, 3.63) is 35.4 Å². The molecule has 0 heterocycles. The number of rotatable bonds is 3. The van der Waals surface area contributed by atoms with Gasteiger partial charge in [0.2, 0.25) is 5.91 Å².